The molecular weight excluding hydrogens is 335 g/mol. The predicted octanol–water partition coefficient (Wildman–Crippen LogP) is 5.79. The molecular formula is C14H17Cl3N2S. The lowest BCUT2D eigenvalue weighted by Gasteiger charge is -2.17. The lowest BCUT2D eigenvalue weighted by molar-refractivity contribution is 0.534. The summed E-state index contributed by atoms with van der Waals surface area (Å²) in [5, 5.41) is 1.08. The molecule has 0 aliphatic rings. The van der Waals surface area contributed by atoms with Crippen molar-refractivity contribution in [3.8, 4) is 0 Å². The average molecular weight is 352 g/mol. The van der Waals surface area contributed by atoms with Crippen molar-refractivity contribution in [3.63, 3.8) is 0 Å². The van der Waals surface area contributed by atoms with Gasteiger partial charge in [-0.2, -0.15) is 11.8 Å². The van der Waals surface area contributed by atoms with Gasteiger partial charge in [0.25, 0.3) is 0 Å². The van der Waals surface area contributed by atoms with Crippen molar-refractivity contribution in [2.75, 3.05) is 11.5 Å². The lowest BCUT2D eigenvalue weighted by atomic mass is 10.2. The van der Waals surface area contributed by atoms with Crippen LogP contribution >= 0.6 is 46.6 Å². The van der Waals surface area contributed by atoms with Gasteiger partial charge in [0.15, 0.2) is 0 Å². The molecule has 0 spiro atoms. The highest BCUT2D eigenvalue weighted by Gasteiger charge is 2.16. The summed E-state index contributed by atoms with van der Waals surface area (Å²) in [5.74, 6) is 3.52. The Morgan fingerprint density at radius 1 is 1.30 bits per heavy atom. The van der Waals surface area contributed by atoms with Gasteiger partial charge >= 0.3 is 0 Å². The highest BCUT2D eigenvalue weighted by atomic mass is 35.5. The number of rotatable bonds is 6. The molecule has 1 atom stereocenters. The molecule has 2 nitrogen and oxygen atoms in total. The van der Waals surface area contributed by atoms with Crippen molar-refractivity contribution in [2.45, 2.75) is 32.2 Å². The van der Waals surface area contributed by atoms with E-state index in [-0.39, 0.29) is 0 Å². The van der Waals surface area contributed by atoms with Crippen molar-refractivity contribution in [1.82, 2.24) is 9.55 Å². The number of benzene rings is 1. The zero-order valence-electron chi connectivity index (χ0n) is 11.5. The number of thioether (sulfide) groups is 1. The van der Waals surface area contributed by atoms with Crippen LogP contribution in [0.5, 0.6) is 0 Å². The third-order valence-electron chi connectivity index (χ3n) is 3.25. The smallest absolute Gasteiger partial charge is 0.125 e. The first-order chi connectivity index (χ1) is 9.58. The summed E-state index contributed by atoms with van der Waals surface area (Å²) in [6.07, 6.45) is 1.08. The molecule has 1 aromatic heterocycles. The van der Waals surface area contributed by atoms with Gasteiger partial charge in [0.2, 0.25) is 0 Å². The van der Waals surface area contributed by atoms with Crippen LogP contribution in [0.1, 0.15) is 32.1 Å². The Kier molecular flexibility index (Phi) is 5.91. The third-order valence-corrected chi connectivity index (χ3v) is 5.14. The molecule has 1 unspecified atom stereocenters. The average Bonchev–Trinajstić information content (AvgIpc) is 2.77. The van der Waals surface area contributed by atoms with Crippen LogP contribution in [-0.2, 0) is 5.88 Å². The summed E-state index contributed by atoms with van der Waals surface area (Å²) in [4.78, 5) is 4.56. The molecule has 0 amide bonds. The predicted molar refractivity (Wildman–Crippen MR) is 91.6 cm³/mol. The number of fused-ring (bicyclic) bond motifs is 1. The van der Waals surface area contributed by atoms with Crippen LogP contribution in [0.3, 0.4) is 0 Å². The van der Waals surface area contributed by atoms with E-state index in [1.54, 1.807) is 6.07 Å². The first-order valence-electron chi connectivity index (χ1n) is 6.58. The van der Waals surface area contributed by atoms with Crippen LogP contribution in [0.2, 0.25) is 10.0 Å². The fraction of sp³-hybridized carbons (Fsp3) is 0.500. The maximum Gasteiger partial charge on any atom is 0.125 e. The van der Waals surface area contributed by atoms with Crippen LogP contribution in [0.4, 0.5) is 0 Å². The van der Waals surface area contributed by atoms with Crippen LogP contribution < -0.4 is 0 Å². The van der Waals surface area contributed by atoms with Gasteiger partial charge in [0, 0.05) is 6.04 Å². The van der Waals surface area contributed by atoms with Crippen LogP contribution in [0.15, 0.2) is 12.1 Å². The number of halogens is 3. The molecule has 0 N–H and O–H groups in total. The molecule has 0 aliphatic carbocycles. The maximum absolute atomic E-state index is 6.13. The van der Waals surface area contributed by atoms with Crippen LogP contribution in [0.25, 0.3) is 11.0 Å². The standard InChI is InChI=1S/C14H17Cl3N2S/c1-3-20-5-4-9(2)19-13-7-11(17)10(16)6-12(13)18-14(19)8-15/h6-7,9H,3-5,8H2,1-2H3. The number of nitrogens with zero attached hydrogens (tertiary/aromatic N) is 2. The minimum atomic E-state index is 0.338. The SMILES string of the molecule is CCSCCC(C)n1c(CCl)nc2cc(Cl)c(Cl)cc21. The largest absolute Gasteiger partial charge is 0.324 e. The molecule has 0 saturated heterocycles. The summed E-state index contributed by atoms with van der Waals surface area (Å²) in [6, 6.07) is 4.02. The topological polar surface area (TPSA) is 17.8 Å². The maximum atomic E-state index is 6.13. The molecule has 110 valence electrons. The molecule has 20 heavy (non-hydrogen) atoms. The van der Waals surface area contributed by atoms with E-state index < -0.39 is 0 Å². The molecule has 6 heteroatoms. The van der Waals surface area contributed by atoms with E-state index in [4.69, 9.17) is 34.8 Å². The zero-order chi connectivity index (χ0) is 14.7. The van der Waals surface area contributed by atoms with Gasteiger partial charge in [-0.05, 0) is 37.0 Å². The van der Waals surface area contributed by atoms with Crippen molar-refractivity contribution < 1.29 is 0 Å². The zero-order valence-corrected chi connectivity index (χ0v) is 14.6. The minimum Gasteiger partial charge on any atom is -0.324 e. The van der Waals surface area contributed by atoms with Gasteiger partial charge in [-0.15, -0.1) is 11.6 Å². The number of hydrogen-bond donors (Lipinski definition) is 0. The Hall–Kier alpha value is -0.0900. The van der Waals surface area contributed by atoms with Crippen LogP contribution in [-0.4, -0.2) is 21.1 Å². The number of aromatic nitrogens is 2. The molecule has 0 aliphatic heterocycles. The highest BCUT2D eigenvalue weighted by Crippen LogP contribution is 2.31. The fourth-order valence-corrected chi connectivity index (χ4v) is 3.55. The Morgan fingerprint density at radius 3 is 2.65 bits per heavy atom. The van der Waals surface area contributed by atoms with Crippen LogP contribution in [0, 0.1) is 0 Å². The van der Waals surface area contributed by atoms with E-state index in [9.17, 15) is 0 Å². The second-order valence-electron chi connectivity index (χ2n) is 4.62. The normalized spacial score (nSPS) is 13.1. The van der Waals surface area contributed by atoms with Gasteiger partial charge in [-0.1, -0.05) is 30.1 Å². The Balaban J connectivity index is 2.41. The molecule has 1 aromatic carbocycles. The lowest BCUT2D eigenvalue weighted by Crippen LogP contribution is -2.09. The summed E-state index contributed by atoms with van der Waals surface area (Å²) < 4.78 is 2.18. The first-order valence-corrected chi connectivity index (χ1v) is 9.02. The Bertz CT molecular complexity index is 598. The van der Waals surface area contributed by atoms with E-state index in [1.165, 1.54) is 0 Å². The Morgan fingerprint density at radius 2 is 2.00 bits per heavy atom. The second kappa shape index (κ2) is 7.26. The summed E-state index contributed by atoms with van der Waals surface area (Å²) in [7, 11) is 0. The van der Waals surface area contributed by atoms with Gasteiger partial charge in [-0.25, -0.2) is 4.98 Å². The van der Waals surface area contributed by atoms with Crippen molar-refractivity contribution in [3.05, 3.63) is 28.0 Å². The summed E-state index contributed by atoms with van der Waals surface area (Å²) in [5.41, 5.74) is 1.86. The van der Waals surface area contributed by atoms with Gasteiger partial charge in [-0.3, -0.25) is 0 Å². The van der Waals surface area contributed by atoms with Crippen molar-refractivity contribution in [1.29, 1.82) is 0 Å². The van der Waals surface area contributed by atoms with Gasteiger partial charge in [0.1, 0.15) is 5.82 Å². The number of alkyl halides is 1. The van der Waals surface area contributed by atoms with E-state index in [1.807, 2.05) is 17.8 Å². The molecule has 0 radical (unpaired) electrons. The van der Waals surface area contributed by atoms with Gasteiger partial charge < -0.3 is 4.57 Å². The Labute approximate surface area is 138 Å². The number of imidazole rings is 1. The molecule has 2 rings (SSSR count). The molecule has 0 fully saturated rings. The van der Waals surface area contributed by atoms with Crippen molar-refractivity contribution >= 4 is 57.6 Å². The van der Waals surface area contributed by atoms with Gasteiger partial charge in [0.05, 0.1) is 27.0 Å². The summed E-state index contributed by atoms with van der Waals surface area (Å²) in [6.45, 7) is 4.36. The van der Waals surface area contributed by atoms with Crippen molar-refractivity contribution in [2.24, 2.45) is 0 Å². The van der Waals surface area contributed by atoms with E-state index in [2.05, 4.69) is 23.4 Å². The first kappa shape index (κ1) is 16.3. The molecule has 1 heterocycles. The quantitative estimate of drug-likeness (QED) is 0.484. The monoisotopic (exact) mass is 350 g/mol. The third kappa shape index (κ3) is 3.38. The minimum absolute atomic E-state index is 0.338. The fourth-order valence-electron chi connectivity index (χ4n) is 2.25. The van der Waals surface area contributed by atoms with E-state index in [0.717, 1.165) is 34.8 Å². The molecule has 2 aromatic rings. The highest BCUT2D eigenvalue weighted by molar-refractivity contribution is 7.99. The molecule has 0 bridgehead atoms. The number of hydrogen-bond acceptors (Lipinski definition) is 2. The van der Waals surface area contributed by atoms with E-state index in [0.29, 0.717) is 22.0 Å². The second-order valence-corrected chi connectivity index (χ2v) is 7.10. The summed E-state index contributed by atoms with van der Waals surface area (Å²) >= 11 is 20.2. The van der Waals surface area contributed by atoms with E-state index >= 15 is 0 Å². The molecule has 0 saturated carbocycles.